The molecule has 94 valence electrons. The molecule has 17 heavy (non-hydrogen) atoms. The van der Waals surface area contributed by atoms with Crippen LogP contribution in [0.3, 0.4) is 0 Å². The Morgan fingerprint density at radius 2 is 2.35 bits per heavy atom. The zero-order valence-corrected chi connectivity index (χ0v) is 11.1. The molecule has 0 fully saturated rings. The van der Waals surface area contributed by atoms with Crippen LogP contribution in [-0.2, 0) is 0 Å². The molecule has 0 saturated carbocycles. The molecule has 2 atom stereocenters. The van der Waals surface area contributed by atoms with Gasteiger partial charge in [0.15, 0.2) is 0 Å². The summed E-state index contributed by atoms with van der Waals surface area (Å²) < 4.78 is 11.2. The van der Waals surface area contributed by atoms with Crippen molar-refractivity contribution in [3.05, 3.63) is 23.8 Å². The highest BCUT2D eigenvalue weighted by Crippen LogP contribution is 2.36. The number of fused-ring (bicyclic) bond motifs is 1. The molecule has 4 heteroatoms. The molecule has 0 amide bonds. The largest absolute Gasteiger partial charge is 0.497 e. The molecule has 1 unspecified atom stereocenters. The quantitative estimate of drug-likeness (QED) is 0.896. The van der Waals surface area contributed by atoms with Crippen molar-refractivity contribution in [3.8, 4) is 11.5 Å². The number of hydrogen-bond donors (Lipinski definition) is 1. The van der Waals surface area contributed by atoms with Crippen molar-refractivity contribution in [3.63, 3.8) is 0 Å². The van der Waals surface area contributed by atoms with E-state index in [0.29, 0.717) is 0 Å². The van der Waals surface area contributed by atoms with Gasteiger partial charge in [0.05, 0.1) is 7.11 Å². The topological polar surface area (TPSA) is 44.5 Å². The average Bonchev–Trinajstić information content (AvgIpc) is 2.35. The first-order valence-corrected chi connectivity index (χ1v) is 7.23. The monoisotopic (exact) mass is 253 g/mol. The fourth-order valence-electron chi connectivity index (χ4n) is 2.11. The van der Waals surface area contributed by atoms with E-state index in [1.54, 1.807) is 7.11 Å². The maximum atomic E-state index is 6.17. The first kappa shape index (κ1) is 12.6. The number of nitrogens with two attached hydrogens (primary N) is 1. The summed E-state index contributed by atoms with van der Waals surface area (Å²) >= 11 is 1.84. The van der Waals surface area contributed by atoms with Crippen LogP contribution in [0.4, 0.5) is 0 Å². The summed E-state index contributed by atoms with van der Waals surface area (Å²) in [6, 6.07) is 5.95. The first-order valence-electron chi connectivity index (χ1n) is 5.83. The Labute approximate surface area is 107 Å². The number of methoxy groups -OCH3 is 1. The molecule has 1 aromatic rings. The van der Waals surface area contributed by atoms with Crippen LogP contribution in [0.1, 0.15) is 24.4 Å². The Bertz CT molecular complexity index is 384. The predicted molar refractivity (Wildman–Crippen MR) is 72.0 cm³/mol. The molecule has 1 aromatic carbocycles. The van der Waals surface area contributed by atoms with E-state index in [4.69, 9.17) is 15.2 Å². The highest BCUT2D eigenvalue weighted by Gasteiger charge is 2.25. The molecule has 2 rings (SSSR count). The molecule has 0 saturated heterocycles. The molecule has 0 spiro atoms. The van der Waals surface area contributed by atoms with Crippen LogP contribution < -0.4 is 15.2 Å². The van der Waals surface area contributed by atoms with Crippen LogP contribution in [0, 0.1) is 0 Å². The summed E-state index contributed by atoms with van der Waals surface area (Å²) in [5.74, 6) is 2.81. The second kappa shape index (κ2) is 5.65. The van der Waals surface area contributed by atoms with Crippen molar-refractivity contribution in [1.29, 1.82) is 0 Å². The van der Waals surface area contributed by atoms with Gasteiger partial charge in [-0.05, 0) is 24.5 Å². The van der Waals surface area contributed by atoms with Gasteiger partial charge in [-0.15, -0.1) is 0 Å². The van der Waals surface area contributed by atoms with Crippen LogP contribution in [0.2, 0.25) is 0 Å². The van der Waals surface area contributed by atoms with Crippen LogP contribution in [0.15, 0.2) is 18.2 Å². The van der Waals surface area contributed by atoms with Crippen molar-refractivity contribution < 1.29 is 9.47 Å². The lowest BCUT2D eigenvalue weighted by molar-refractivity contribution is 0.156. The molecule has 1 heterocycles. The number of hydrogen-bond acceptors (Lipinski definition) is 4. The molecular weight excluding hydrogens is 234 g/mol. The highest BCUT2D eigenvalue weighted by atomic mass is 32.2. The second-order valence-electron chi connectivity index (χ2n) is 4.27. The minimum atomic E-state index is 0.0801. The average molecular weight is 253 g/mol. The Morgan fingerprint density at radius 1 is 1.53 bits per heavy atom. The van der Waals surface area contributed by atoms with Gasteiger partial charge in [0, 0.05) is 24.1 Å². The second-order valence-corrected chi connectivity index (χ2v) is 5.25. The molecule has 1 aliphatic heterocycles. The minimum Gasteiger partial charge on any atom is -0.497 e. The lowest BCUT2D eigenvalue weighted by atomic mass is 9.96. The molecule has 0 aromatic heterocycles. The third-order valence-electron chi connectivity index (χ3n) is 3.07. The van der Waals surface area contributed by atoms with Gasteiger partial charge in [0.2, 0.25) is 0 Å². The number of ether oxygens (including phenoxy) is 2. The van der Waals surface area contributed by atoms with Crippen molar-refractivity contribution in [2.45, 2.75) is 25.0 Å². The van der Waals surface area contributed by atoms with Gasteiger partial charge in [-0.1, -0.05) is 6.07 Å². The standard InChI is InChI=1S/C13H19NO2S/c1-15-9-3-4-11-12(14)7-10(5-6-17-2)16-13(11)8-9/h3-4,8,10,12H,5-7,14H2,1-2H3/t10?,12-/m0/s1. The smallest absolute Gasteiger partial charge is 0.128 e. The predicted octanol–water partition coefficient (Wildman–Crippen LogP) is 2.60. The summed E-state index contributed by atoms with van der Waals surface area (Å²) in [4.78, 5) is 0. The summed E-state index contributed by atoms with van der Waals surface area (Å²) in [6.45, 7) is 0. The van der Waals surface area contributed by atoms with Crippen molar-refractivity contribution in [1.82, 2.24) is 0 Å². The fraction of sp³-hybridized carbons (Fsp3) is 0.538. The summed E-state index contributed by atoms with van der Waals surface area (Å²) in [5.41, 5.74) is 7.26. The summed E-state index contributed by atoms with van der Waals surface area (Å²) in [7, 11) is 1.66. The van der Waals surface area contributed by atoms with Crippen LogP contribution in [0.25, 0.3) is 0 Å². The van der Waals surface area contributed by atoms with E-state index in [2.05, 4.69) is 6.26 Å². The van der Waals surface area contributed by atoms with Gasteiger partial charge in [-0.25, -0.2) is 0 Å². The number of rotatable bonds is 4. The molecule has 1 aliphatic rings. The van der Waals surface area contributed by atoms with Crippen molar-refractivity contribution in [2.24, 2.45) is 5.73 Å². The van der Waals surface area contributed by atoms with Gasteiger partial charge >= 0.3 is 0 Å². The maximum Gasteiger partial charge on any atom is 0.128 e. The number of thioether (sulfide) groups is 1. The normalized spacial score (nSPS) is 22.8. The Kier molecular flexibility index (Phi) is 4.18. The van der Waals surface area contributed by atoms with Gasteiger partial charge in [-0.3, -0.25) is 0 Å². The molecular formula is C13H19NO2S. The third kappa shape index (κ3) is 2.87. The van der Waals surface area contributed by atoms with E-state index < -0.39 is 0 Å². The SMILES string of the molecule is COc1ccc2c(c1)OC(CCSC)C[C@@H]2N. The number of benzene rings is 1. The molecule has 0 radical (unpaired) electrons. The lowest BCUT2D eigenvalue weighted by Gasteiger charge is -2.30. The maximum absolute atomic E-state index is 6.17. The zero-order valence-electron chi connectivity index (χ0n) is 10.3. The molecule has 3 nitrogen and oxygen atoms in total. The summed E-state index contributed by atoms with van der Waals surface area (Å²) in [6.07, 6.45) is 4.29. The van der Waals surface area contributed by atoms with E-state index >= 15 is 0 Å². The van der Waals surface area contributed by atoms with Gasteiger partial charge in [0.25, 0.3) is 0 Å². The lowest BCUT2D eigenvalue weighted by Crippen LogP contribution is -2.30. The summed E-state index contributed by atoms with van der Waals surface area (Å²) in [5, 5.41) is 0. The molecule has 0 bridgehead atoms. The zero-order chi connectivity index (χ0) is 12.3. The fourth-order valence-corrected chi connectivity index (χ4v) is 2.61. The molecule has 2 N–H and O–H groups in total. The van der Waals surface area contributed by atoms with Crippen LogP contribution in [-0.4, -0.2) is 25.2 Å². The molecule has 0 aliphatic carbocycles. The Balaban J connectivity index is 2.15. The van der Waals surface area contributed by atoms with Crippen LogP contribution in [0.5, 0.6) is 11.5 Å². The van der Waals surface area contributed by atoms with Gasteiger partial charge in [0.1, 0.15) is 17.6 Å². The van der Waals surface area contributed by atoms with E-state index in [1.165, 1.54) is 0 Å². The highest BCUT2D eigenvalue weighted by molar-refractivity contribution is 7.98. The third-order valence-corrected chi connectivity index (χ3v) is 3.72. The minimum absolute atomic E-state index is 0.0801. The van der Waals surface area contributed by atoms with Crippen LogP contribution >= 0.6 is 11.8 Å². The van der Waals surface area contributed by atoms with E-state index in [9.17, 15) is 0 Å². The van der Waals surface area contributed by atoms with E-state index in [0.717, 1.165) is 35.7 Å². The van der Waals surface area contributed by atoms with Crippen molar-refractivity contribution >= 4 is 11.8 Å². The van der Waals surface area contributed by atoms with Gasteiger partial charge < -0.3 is 15.2 Å². The van der Waals surface area contributed by atoms with E-state index in [-0.39, 0.29) is 12.1 Å². The van der Waals surface area contributed by atoms with Crippen molar-refractivity contribution in [2.75, 3.05) is 19.1 Å². The Hall–Kier alpha value is -0.870. The first-order chi connectivity index (χ1) is 8.24. The van der Waals surface area contributed by atoms with E-state index in [1.807, 2.05) is 30.0 Å². The van der Waals surface area contributed by atoms with Gasteiger partial charge in [-0.2, -0.15) is 11.8 Å². The Morgan fingerprint density at radius 3 is 3.06 bits per heavy atom.